The molecule has 0 aliphatic carbocycles. The summed E-state index contributed by atoms with van der Waals surface area (Å²) in [5.74, 6) is 0.444. The fraction of sp³-hybridized carbons (Fsp3) is 0.520. The van der Waals surface area contributed by atoms with Crippen molar-refractivity contribution in [1.82, 2.24) is 24.9 Å². The van der Waals surface area contributed by atoms with Gasteiger partial charge in [0.2, 0.25) is 11.8 Å². The maximum absolute atomic E-state index is 13.0. The number of carbonyl (C=O) groups is 3. The Morgan fingerprint density at radius 2 is 1.82 bits per heavy atom. The van der Waals surface area contributed by atoms with Crippen molar-refractivity contribution in [3.05, 3.63) is 46.8 Å². The third kappa shape index (κ3) is 5.24. The summed E-state index contributed by atoms with van der Waals surface area (Å²) in [5, 5.41) is 7.37. The third-order valence-electron chi connectivity index (χ3n) is 6.51. The van der Waals surface area contributed by atoms with Gasteiger partial charge >= 0.3 is 0 Å². The molecule has 2 aromatic rings. The van der Waals surface area contributed by atoms with Crippen LogP contribution < -0.4 is 10.1 Å². The van der Waals surface area contributed by atoms with E-state index in [1.807, 2.05) is 43.1 Å². The molecular formula is C25H33N5O4. The molecule has 0 saturated carbocycles. The monoisotopic (exact) mass is 467 g/mol. The van der Waals surface area contributed by atoms with Gasteiger partial charge in [0.25, 0.3) is 5.91 Å². The number of amides is 3. The first-order valence-electron chi connectivity index (χ1n) is 12.1. The van der Waals surface area contributed by atoms with Crippen molar-refractivity contribution in [1.29, 1.82) is 0 Å². The van der Waals surface area contributed by atoms with E-state index in [0.717, 1.165) is 48.5 Å². The summed E-state index contributed by atoms with van der Waals surface area (Å²) in [6, 6.07) is 7.58. The molecule has 9 heteroatoms. The highest BCUT2D eigenvalue weighted by Crippen LogP contribution is 2.25. The number of nitrogens with zero attached hydrogens (tertiary/aromatic N) is 4. The van der Waals surface area contributed by atoms with Gasteiger partial charge in [0.1, 0.15) is 5.75 Å². The van der Waals surface area contributed by atoms with Crippen LogP contribution in [0.1, 0.15) is 59.9 Å². The molecule has 34 heavy (non-hydrogen) atoms. The lowest BCUT2D eigenvalue weighted by molar-refractivity contribution is -0.134. The van der Waals surface area contributed by atoms with Crippen LogP contribution in [0.3, 0.4) is 0 Å². The van der Waals surface area contributed by atoms with Gasteiger partial charge in [-0.3, -0.25) is 19.1 Å². The Balaban J connectivity index is 1.31. The second-order valence-electron chi connectivity index (χ2n) is 8.78. The van der Waals surface area contributed by atoms with Crippen LogP contribution in [0.15, 0.2) is 24.3 Å². The van der Waals surface area contributed by atoms with Crippen molar-refractivity contribution in [3.8, 4) is 5.75 Å². The minimum Gasteiger partial charge on any atom is -0.494 e. The molecule has 4 rings (SSSR count). The van der Waals surface area contributed by atoms with Crippen LogP contribution in [0.4, 0.5) is 0 Å². The van der Waals surface area contributed by atoms with E-state index in [1.54, 1.807) is 9.58 Å². The third-order valence-corrected chi connectivity index (χ3v) is 6.51. The number of hydrogen-bond acceptors (Lipinski definition) is 5. The van der Waals surface area contributed by atoms with Gasteiger partial charge in [0.15, 0.2) is 5.69 Å². The predicted molar refractivity (Wildman–Crippen MR) is 126 cm³/mol. The molecule has 2 aliphatic rings. The fourth-order valence-electron chi connectivity index (χ4n) is 4.65. The largest absolute Gasteiger partial charge is 0.494 e. The van der Waals surface area contributed by atoms with Gasteiger partial charge in [-0.05, 0) is 25.8 Å². The van der Waals surface area contributed by atoms with Crippen molar-refractivity contribution in [2.45, 2.75) is 52.1 Å². The summed E-state index contributed by atoms with van der Waals surface area (Å²) >= 11 is 0. The van der Waals surface area contributed by atoms with Gasteiger partial charge in [-0.25, -0.2) is 0 Å². The summed E-state index contributed by atoms with van der Waals surface area (Å²) in [6.07, 6.45) is 2.93. The summed E-state index contributed by atoms with van der Waals surface area (Å²) in [4.78, 5) is 41.8. The molecule has 3 heterocycles. The molecule has 1 aromatic carbocycles. The maximum Gasteiger partial charge on any atom is 0.274 e. The van der Waals surface area contributed by atoms with Gasteiger partial charge < -0.3 is 19.9 Å². The first-order chi connectivity index (χ1) is 16.5. The zero-order valence-electron chi connectivity index (χ0n) is 20.0. The number of carbonyl (C=O) groups excluding carboxylic acids is 3. The zero-order valence-corrected chi connectivity index (χ0v) is 20.0. The molecule has 2 aliphatic heterocycles. The maximum atomic E-state index is 13.0. The topological polar surface area (TPSA) is 96.8 Å². The zero-order chi connectivity index (χ0) is 24.1. The van der Waals surface area contributed by atoms with Crippen LogP contribution in [-0.2, 0) is 36.1 Å². The molecule has 0 atom stereocenters. The molecular weight excluding hydrogens is 434 g/mol. The number of hydrogen-bond donors (Lipinski definition) is 1. The summed E-state index contributed by atoms with van der Waals surface area (Å²) in [7, 11) is 1.85. The van der Waals surface area contributed by atoms with Crippen LogP contribution in [-0.4, -0.2) is 63.5 Å². The molecule has 182 valence electrons. The molecule has 3 amide bonds. The first-order valence-corrected chi connectivity index (χ1v) is 12.1. The standard InChI is InChI=1S/C25H33N5O4/c1-3-34-21-9-5-4-8-18(21)16-26-22(31)10-11-23(32)30-15-12-20-19(17-30)24(27-28(20)2)25(33)29-13-6-7-14-29/h4-5,8-9H,3,6-7,10-17H2,1-2H3,(H,26,31). The van der Waals surface area contributed by atoms with E-state index >= 15 is 0 Å². The second-order valence-corrected chi connectivity index (χ2v) is 8.78. The highest BCUT2D eigenvalue weighted by atomic mass is 16.5. The first kappa shape index (κ1) is 23.8. The van der Waals surface area contributed by atoms with Gasteiger partial charge in [0, 0.05) is 75.9 Å². The summed E-state index contributed by atoms with van der Waals surface area (Å²) in [6.45, 7) is 5.27. The van der Waals surface area contributed by atoms with E-state index in [2.05, 4.69) is 10.4 Å². The van der Waals surface area contributed by atoms with Crippen LogP contribution in [0.25, 0.3) is 0 Å². The van der Waals surface area contributed by atoms with Gasteiger partial charge in [0.05, 0.1) is 6.61 Å². The van der Waals surface area contributed by atoms with E-state index in [0.29, 0.717) is 38.4 Å². The SMILES string of the molecule is CCOc1ccccc1CNC(=O)CCC(=O)N1CCc2c(c(C(=O)N3CCCC3)nn2C)C1. The Kier molecular flexibility index (Phi) is 7.49. The molecule has 0 unspecified atom stereocenters. The molecule has 1 aromatic heterocycles. The number of ether oxygens (including phenoxy) is 1. The van der Waals surface area contributed by atoms with Crippen LogP contribution in [0, 0.1) is 0 Å². The van der Waals surface area contributed by atoms with Crippen LogP contribution in [0.5, 0.6) is 5.75 Å². The predicted octanol–water partition coefficient (Wildman–Crippen LogP) is 2.04. The van der Waals surface area contributed by atoms with Gasteiger partial charge in [-0.15, -0.1) is 0 Å². The molecule has 0 radical (unpaired) electrons. The van der Waals surface area contributed by atoms with E-state index in [1.165, 1.54) is 0 Å². The molecule has 1 fully saturated rings. The molecule has 9 nitrogen and oxygen atoms in total. The minimum atomic E-state index is -0.177. The molecule has 1 N–H and O–H groups in total. The number of benzene rings is 1. The van der Waals surface area contributed by atoms with Gasteiger partial charge in [-0.2, -0.15) is 5.10 Å². The van der Waals surface area contributed by atoms with Crippen molar-refractivity contribution in [3.63, 3.8) is 0 Å². The highest BCUT2D eigenvalue weighted by Gasteiger charge is 2.32. The number of aromatic nitrogens is 2. The lowest BCUT2D eigenvalue weighted by Gasteiger charge is -2.28. The Bertz CT molecular complexity index is 1060. The number of nitrogens with one attached hydrogen (secondary N) is 1. The minimum absolute atomic E-state index is 0.0460. The van der Waals surface area contributed by atoms with E-state index < -0.39 is 0 Å². The fourth-order valence-corrected chi connectivity index (χ4v) is 4.65. The van der Waals surface area contributed by atoms with Crippen molar-refractivity contribution in [2.75, 3.05) is 26.2 Å². The summed E-state index contributed by atoms with van der Waals surface area (Å²) < 4.78 is 7.36. The number of rotatable bonds is 8. The van der Waals surface area contributed by atoms with Crippen molar-refractivity contribution < 1.29 is 19.1 Å². The smallest absolute Gasteiger partial charge is 0.274 e. The van der Waals surface area contributed by atoms with E-state index in [9.17, 15) is 14.4 Å². The highest BCUT2D eigenvalue weighted by molar-refractivity contribution is 5.94. The summed E-state index contributed by atoms with van der Waals surface area (Å²) in [5.41, 5.74) is 3.22. The second kappa shape index (κ2) is 10.7. The molecule has 0 spiro atoms. The van der Waals surface area contributed by atoms with E-state index in [-0.39, 0.29) is 30.6 Å². The van der Waals surface area contributed by atoms with Crippen LogP contribution >= 0.6 is 0 Å². The average molecular weight is 468 g/mol. The van der Waals surface area contributed by atoms with E-state index in [4.69, 9.17) is 4.74 Å². The Hall–Kier alpha value is -3.36. The quantitative estimate of drug-likeness (QED) is 0.641. The number of para-hydroxylation sites is 1. The lowest BCUT2D eigenvalue weighted by Crippen LogP contribution is -2.38. The Morgan fingerprint density at radius 1 is 1.06 bits per heavy atom. The normalized spacial score (nSPS) is 15.2. The lowest BCUT2D eigenvalue weighted by atomic mass is 10.0. The number of likely N-dealkylation sites (tertiary alicyclic amines) is 1. The average Bonchev–Trinajstić information content (AvgIpc) is 3.50. The van der Waals surface area contributed by atoms with Crippen molar-refractivity contribution >= 4 is 17.7 Å². The number of fused-ring (bicyclic) bond motifs is 1. The van der Waals surface area contributed by atoms with Gasteiger partial charge in [-0.1, -0.05) is 18.2 Å². The Morgan fingerprint density at radius 3 is 2.59 bits per heavy atom. The Labute approximate surface area is 200 Å². The van der Waals surface area contributed by atoms with Crippen molar-refractivity contribution in [2.24, 2.45) is 7.05 Å². The molecule has 1 saturated heterocycles. The molecule has 0 bridgehead atoms. The van der Waals surface area contributed by atoms with Crippen LogP contribution in [0.2, 0.25) is 0 Å². The number of aryl methyl sites for hydroxylation is 1.